The van der Waals surface area contributed by atoms with Crippen molar-refractivity contribution in [3.05, 3.63) is 88.5 Å². The topological polar surface area (TPSA) is 76.8 Å². The minimum absolute atomic E-state index is 0.203. The number of nitrogens with one attached hydrogen (secondary N) is 2. The summed E-state index contributed by atoms with van der Waals surface area (Å²) in [6.45, 7) is 8.92. The van der Waals surface area contributed by atoms with Gasteiger partial charge in [0.25, 0.3) is 5.56 Å². The zero-order valence-corrected chi connectivity index (χ0v) is 20.5. The second kappa shape index (κ2) is 8.13. The standard InChI is InChI=1S/C28H29FN6O/c1-4-12-34-26(36)20-16-31-24(14-22(20)35(34)25-7-5-6-23(33-25)27(2,3)29)32-19-8-9-21-18(13-19)15-30-17-28(21)10-11-28/h4-9,13-14,16,30H,1,10-12,15,17H2,2-3H3,(H,31,32). The van der Waals surface area contributed by atoms with Gasteiger partial charge >= 0.3 is 0 Å². The van der Waals surface area contributed by atoms with Crippen LogP contribution in [0.4, 0.5) is 15.9 Å². The zero-order valence-electron chi connectivity index (χ0n) is 20.5. The summed E-state index contributed by atoms with van der Waals surface area (Å²) in [5.41, 5.74) is 3.14. The van der Waals surface area contributed by atoms with Crippen molar-refractivity contribution in [2.24, 2.45) is 0 Å². The Bertz CT molecular complexity index is 1560. The number of nitrogens with zero attached hydrogens (tertiary/aromatic N) is 4. The molecule has 1 saturated carbocycles. The molecule has 0 amide bonds. The molecule has 8 heteroatoms. The van der Waals surface area contributed by atoms with Crippen molar-refractivity contribution in [1.29, 1.82) is 0 Å². The van der Waals surface area contributed by atoms with E-state index in [1.54, 1.807) is 39.8 Å². The molecule has 0 bridgehead atoms. The smallest absolute Gasteiger partial charge is 0.276 e. The number of allylic oxidation sites excluding steroid dienone is 1. The highest BCUT2D eigenvalue weighted by atomic mass is 19.1. The van der Waals surface area contributed by atoms with Crippen LogP contribution in [0.15, 0.2) is 66.1 Å². The van der Waals surface area contributed by atoms with Gasteiger partial charge in [-0.1, -0.05) is 18.2 Å². The fourth-order valence-electron chi connectivity index (χ4n) is 5.23. The highest BCUT2D eigenvalue weighted by molar-refractivity contribution is 5.82. The van der Waals surface area contributed by atoms with Gasteiger partial charge in [0.2, 0.25) is 0 Å². The number of halogens is 1. The van der Waals surface area contributed by atoms with Gasteiger partial charge in [0, 0.05) is 36.5 Å². The van der Waals surface area contributed by atoms with Crippen molar-refractivity contribution in [2.45, 2.75) is 50.9 Å². The predicted molar refractivity (Wildman–Crippen MR) is 140 cm³/mol. The van der Waals surface area contributed by atoms with Crippen molar-refractivity contribution in [2.75, 3.05) is 11.9 Å². The Morgan fingerprint density at radius 3 is 2.83 bits per heavy atom. The molecule has 0 unspecified atom stereocenters. The Balaban J connectivity index is 1.43. The van der Waals surface area contributed by atoms with E-state index in [1.807, 2.05) is 6.07 Å². The Morgan fingerprint density at radius 2 is 2.08 bits per heavy atom. The van der Waals surface area contributed by atoms with Gasteiger partial charge in [-0.25, -0.2) is 23.7 Å². The molecule has 3 aromatic heterocycles. The molecule has 0 radical (unpaired) electrons. The minimum atomic E-state index is -1.61. The summed E-state index contributed by atoms with van der Waals surface area (Å²) in [6, 6.07) is 13.5. The SMILES string of the molecule is C=CCn1c(=O)c2cnc(Nc3ccc4c(c3)CNCC43CC3)cc2n1-c1cccc(C(C)(C)F)n1. The van der Waals surface area contributed by atoms with Gasteiger partial charge in [-0.3, -0.25) is 4.79 Å². The van der Waals surface area contributed by atoms with E-state index in [-0.39, 0.29) is 12.1 Å². The van der Waals surface area contributed by atoms with Crippen molar-refractivity contribution < 1.29 is 4.39 Å². The molecule has 1 aliphatic carbocycles. The van der Waals surface area contributed by atoms with Gasteiger partial charge in [-0.05, 0) is 62.1 Å². The molecule has 1 aliphatic heterocycles. The van der Waals surface area contributed by atoms with Crippen LogP contribution in [0, 0.1) is 0 Å². The second-order valence-electron chi connectivity index (χ2n) is 10.3. The molecule has 0 saturated heterocycles. The molecule has 1 spiro atoms. The largest absolute Gasteiger partial charge is 0.340 e. The van der Waals surface area contributed by atoms with Crippen LogP contribution in [0.1, 0.15) is 43.5 Å². The Labute approximate surface area is 208 Å². The molecular formula is C28H29FN6O. The van der Waals surface area contributed by atoms with Crippen LogP contribution in [0.25, 0.3) is 16.7 Å². The maximum Gasteiger partial charge on any atom is 0.276 e. The van der Waals surface area contributed by atoms with E-state index in [0.29, 0.717) is 33.6 Å². The lowest BCUT2D eigenvalue weighted by molar-refractivity contribution is 0.214. The van der Waals surface area contributed by atoms with Crippen molar-refractivity contribution >= 4 is 22.4 Å². The Hall–Kier alpha value is -3.78. The molecule has 2 aliphatic rings. The maximum atomic E-state index is 14.7. The Kier molecular flexibility index (Phi) is 5.12. The van der Waals surface area contributed by atoms with Gasteiger partial charge in [-0.2, -0.15) is 0 Å². The monoisotopic (exact) mass is 484 g/mol. The molecule has 36 heavy (non-hydrogen) atoms. The van der Waals surface area contributed by atoms with E-state index in [9.17, 15) is 9.18 Å². The number of aromatic nitrogens is 4. The fraction of sp³-hybridized carbons (Fsp3) is 0.321. The fourth-order valence-corrected chi connectivity index (χ4v) is 5.23. The molecule has 4 heterocycles. The van der Waals surface area contributed by atoms with Crippen LogP contribution < -0.4 is 16.2 Å². The summed E-state index contributed by atoms with van der Waals surface area (Å²) in [6.07, 6.45) is 5.72. The number of benzene rings is 1. The van der Waals surface area contributed by atoms with Gasteiger partial charge in [0.05, 0.1) is 23.1 Å². The third-order valence-electron chi connectivity index (χ3n) is 7.26. The highest BCUT2D eigenvalue weighted by Gasteiger charge is 2.46. The van der Waals surface area contributed by atoms with Gasteiger partial charge < -0.3 is 10.6 Å². The van der Waals surface area contributed by atoms with Crippen LogP contribution in [-0.2, 0) is 24.2 Å². The predicted octanol–water partition coefficient (Wildman–Crippen LogP) is 4.85. The number of pyridine rings is 2. The first kappa shape index (κ1) is 22.7. The molecule has 2 N–H and O–H groups in total. The van der Waals surface area contributed by atoms with Crippen LogP contribution >= 0.6 is 0 Å². The summed E-state index contributed by atoms with van der Waals surface area (Å²) in [4.78, 5) is 22.3. The van der Waals surface area contributed by atoms with Gasteiger partial charge in [-0.15, -0.1) is 6.58 Å². The lowest BCUT2D eigenvalue weighted by Gasteiger charge is -2.26. The number of rotatable bonds is 6. The summed E-state index contributed by atoms with van der Waals surface area (Å²) in [5, 5.41) is 7.41. The number of anilines is 2. The highest BCUT2D eigenvalue weighted by Crippen LogP contribution is 2.50. The normalized spacial score (nSPS) is 16.2. The maximum absolute atomic E-state index is 14.7. The quantitative estimate of drug-likeness (QED) is 0.383. The van der Waals surface area contributed by atoms with E-state index in [4.69, 9.17) is 0 Å². The number of hydrogen-bond donors (Lipinski definition) is 2. The first-order valence-corrected chi connectivity index (χ1v) is 12.3. The van der Waals surface area contributed by atoms with Crippen LogP contribution in [0.2, 0.25) is 0 Å². The van der Waals surface area contributed by atoms with E-state index >= 15 is 0 Å². The zero-order chi connectivity index (χ0) is 25.1. The van der Waals surface area contributed by atoms with Crippen LogP contribution in [-0.4, -0.2) is 25.9 Å². The third-order valence-corrected chi connectivity index (χ3v) is 7.26. The average molecular weight is 485 g/mol. The molecule has 6 rings (SSSR count). The van der Waals surface area contributed by atoms with E-state index in [0.717, 1.165) is 18.8 Å². The molecular weight excluding hydrogens is 455 g/mol. The van der Waals surface area contributed by atoms with Gasteiger partial charge in [0.15, 0.2) is 5.82 Å². The van der Waals surface area contributed by atoms with Crippen LogP contribution in [0.3, 0.4) is 0 Å². The summed E-state index contributed by atoms with van der Waals surface area (Å²) < 4.78 is 17.9. The molecule has 4 aromatic rings. The average Bonchev–Trinajstić information content (AvgIpc) is 3.57. The molecule has 0 atom stereocenters. The summed E-state index contributed by atoms with van der Waals surface area (Å²) >= 11 is 0. The second-order valence-corrected chi connectivity index (χ2v) is 10.3. The lowest BCUT2D eigenvalue weighted by Crippen LogP contribution is -2.33. The Morgan fingerprint density at radius 1 is 1.25 bits per heavy atom. The number of fused-ring (bicyclic) bond motifs is 3. The van der Waals surface area contributed by atoms with Gasteiger partial charge in [0.1, 0.15) is 11.5 Å². The number of alkyl halides is 1. The van der Waals surface area contributed by atoms with E-state index < -0.39 is 5.67 Å². The van der Waals surface area contributed by atoms with Crippen molar-refractivity contribution in [1.82, 2.24) is 24.6 Å². The molecule has 1 aromatic carbocycles. The summed E-state index contributed by atoms with van der Waals surface area (Å²) in [7, 11) is 0. The van der Waals surface area contributed by atoms with Crippen molar-refractivity contribution in [3.8, 4) is 5.82 Å². The van der Waals surface area contributed by atoms with Crippen molar-refractivity contribution in [3.63, 3.8) is 0 Å². The first-order valence-electron chi connectivity index (χ1n) is 12.3. The first-order chi connectivity index (χ1) is 17.3. The molecule has 1 fully saturated rings. The lowest BCUT2D eigenvalue weighted by atomic mass is 9.88. The molecule has 7 nitrogen and oxygen atoms in total. The minimum Gasteiger partial charge on any atom is -0.340 e. The third kappa shape index (κ3) is 3.73. The summed E-state index contributed by atoms with van der Waals surface area (Å²) in [5.74, 6) is 1.07. The van der Waals surface area contributed by atoms with E-state index in [2.05, 4.69) is 45.4 Å². The number of hydrogen-bond acceptors (Lipinski definition) is 5. The molecule has 184 valence electrons. The van der Waals surface area contributed by atoms with Crippen LogP contribution in [0.5, 0.6) is 0 Å². The van der Waals surface area contributed by atoms with E-state index in [1.165, 1.54) is 37.8 Å².